The van der Waals surface area contributed by atoms with Gasteiger partial charge in [0.25, 0.3) is 0 Å². The Balaban J connectivity index is 1.90. The second-order valence-electron chi connectivity index (χ2n) is 5.20. The van der Waals surface area contributed by atoms with Crippen LogP contribution in [0.15, 0.2) is 12.3 Å². The number of alkyl halides is 1. The van der Waals surface area contributed by atoms with Crippen LogP contribution >= 0.6 is 23.2 Å². The molecule has 3 rings (SSSR count). The van der Waals surface area contributed by atoms with Gasteiger partial charge in [-0.1, -0.05) is 30.9 Å². The van der Waals surface area contributed by atoms with E-state index in [2.05, 4.69) is 14.5 Å². The Morgan fingerprint density at radius 1 is 1.37 bits per heavy atom. The summed E-state index contributed by atoms with van der Waals surface area (Å²) in [5.41, 5.74) is 1.81. The van der Waals surface area contributed by atoms with Gasteiger partial charge in [0.1, 0.15) is 11.3 Å². The van der Waals surface area contributed by atoms with Gasteiger partial charge >= 0.3 is 0 Å². The van der Waals surface area contributed by atoms with Crippen LogP contribution in [-0.4, -0.2) is 20.4 Å². The van der Waals surface area contributed by atoms with Gasteiger partial charge in [0.15, 0.2) is 5.65 Å². The third kappa shape index (κ3) is 2.72. The molecule has 1 aliphatic carbocycles. The van der Waals surface area contributed by atoms with E-state index in [1.807, 2.05) is 6.07 Å². The number of imidazole rings is 1. The maximum absolute atomic E-state index is 5.98. The molecule has 0 atom stereocenters. The van der Waals surface area contributed by atoms with Gasteiger partial charge < -0.3 is 4.57 Å². The fourth-order valence-electron chi connectivity index (χ4n) is 2.64. The first-order chi connectivity index (χ1) is 9.28. The molecule has 0 bridgehead atoms. The van der Waals surface area contributed by atoms with Gasteiger partial charge in [0.05, 0.1) is 5.02 Å². The maximum atomic E-state index is 5.98. The second-order valence-corrected chi connectivity index (χ2v) is 6.01. The highest BCUT2D eigenvalue weighted by molar-refractivity contribution is 6.31. The number of pyridine rings is 1. The lowest BCUT2D eigenvalue weighted by Gasteiger charge is -2.25. The van der Waals surface area contributed by atoms with Gasteiger partial charge in [-0.25, -0.2) is 9.97 Å². The Kier molecular flexibility index (Phi) is 3.94. The molecule has 0 aromatic carbocycles. The van der Waals surface area contributed by atoms with Crippen LogP contribution < -0.4 is 0 Å². The minimum atomic E-state index is 0.584. The van der Waals surface area contributed by atoms with Gasteiger partial charge in [0, 0.05) is 25.0 Å². The zero-order valence-corrected chi connectivity index (χ0v) is 12.3. The second kappa shape index (κ2) is 5.68. The first-order valence-electron chi connectivity index (χ1n) is 6.84. The van der Waals surface area contributed by atoms with Gasteiger partial charge in [-0.3, -0.25) is 0 Å². The van der Waals surface area contributed by atoms with E-state index in [0.717, 1.165) is 35.9 Å². The van der Waals surface area contributed by atoms with Crippen molar-refractivity contribution in [2.24, 2.45) is 5.92 Å². The van der Waals surface area contributed by atoms with Crippen molar-refractivity contribution in [3.63, 3.8) is 0 Å². The van der Waals surface area contributed by atoms with Crippen molar-refractivity contribution >= 4 is 34.4 Å². The van der Waals surface area contributed by atoms with Crippen molar-refractivity contribution in [2.45, 2.75) is 38.6 Å². The molecular formula is C14H17Cl2N3. The van der Waals surface area contributed by atoms with Crippen LogP contribution in [0.25, 0.3) is 11.2 Å². The number of aryl methyl sites for hydroxylation is 2. The molecule has 2 heterocycles. The quantitative estimate of drug-likeness (QED) is 0.779. The Morgan fingerprint density at radius 3 is 2.89 bits per heavy atom. The Bertz CT molecular complexity index is 575. The van der Waals surface area contributed by atoms with Gasteiger partial charge in [-0.15, -0.1) is 11.6 Å². The first-order valence-corrected chi connectivity index (χ1v) is 7.76. The lowest BCUT2D eigenvalue weighted by molar-refractivity contribution is 0.282. The van der Waals surface area contributed by atoms with Crippen molar-refractivity contribution in [3.05, 3.63) is 23.1 Å². The predicted octanol–water partition coefficient (Wildman–Crippen LogP) is 4.06. The molecule has 2 aromatic heterocycles. The van der Waals surface area contributed by atoms with Crippen LogP contribution in [0.3, 0.4) is 0 Å². The van der Waals surface area contributed by atoms with Crippen molar-refractivity contribution in [1.82, 2.24) is 14.5 Å². The topological polar surface area (TPSA) is 30.7 Å². The summed E-state index contributed by atoms with van der Waals surface area (Å²) in [4.78, 5) is 9.05. The van der Waals surface area contributed by atoms with Crippen LogP contribution in [-0.2, 0) is 13.0 Å². The summed E-state index contributed by atoms with van der Waals surface area (Å²) in [5.74, 6) is 2.49. The van der Waals surface area contributed by atoms with Gasteiger partial charge in [-0.05, 0) is 18.4 Å². The van der Waals surface area contributed by atoms with E-state index in [4.69, 9.17) is 23.2 Å². The highest BCUT2D eigenvalue weighted by Gasteiger charge is 2.19. The fraction of sp³-hybridized carbons (Fsp3) is 0.571. The summed E-state index contributed by atoms with van der Waals surface area (Å²) in [7, 11) is 0. The molecule has 1 aliphatic rings. The number of fused-ring (bicyclic) bond motifs is 1. The SMILES string of the molecule is ClCCc1nc2cc(Cl)cnc2n1CCC1CCC1. The van der Waals surface area contributed by atoms with E-state index in [-0.39, 0.29) is 0 Å². The van der Waals surface area contributed by atoms with Crippen molar-refractivity contribution in [3.8, 4) is 0 Å². The zero-order valence-electron chi connectivity index (χ0n) is 10.8. The van der Waals surface area contributed by atoms with Crippen molar-refractivity contribution in [2.75, 3.05) is 5.88 Å². The highest BCUT2D eigenvalue weighted by Crippen LogP contribution is 2.30. The highest BCUT2D eigenvalue weighted by atomic mass is 35.5. The average Bonchev–Trinajstić information content (AvgIpc) is 2.65. The van der Waals surface area contributed by atoms with Crippen LogP contribution in [0.5, 0.6) is 0 Å². The molecule has 1 fully saturated rings. The summed E-state index contributed by atoms with van der Waals surface area (Å²) >= 11 is 11.8. The van der Waals surface area contributed by atoms with E-state index in [1.165, 1.54) is 25.7 Å². The summed E-state index contributed by atoms with van der Waals surface area (Å²) in [6.07, 6.45) is 7.81. The maximum Gasteiger partial charge on any atom is 0.160 e. The number of aromatic nitrogens is 3. The molecule has 0 aliphatic heterocycles. The summed E-state index contributed by atoms with van der Waals surface area (Å²) < 4.78 is 2.21. The Labute approximate surface area is 122 Å². The molecule has 3 nitrogen and oxygen atoms in total. The molecule has 0 radical (unpaired) electrons. The third-order valence-electron chi connectivity index (χ3n) is 3.93. The summed E-state index contributed by atoms with van der Waals surface area (Å²) in [6.45, 7) is 0.988. The molecule has 102 valence electrons. The molecule has 2 aromatic rings. The standard InChI is InChI=1S/C14H17Cl2N3/c15-6-4-13-18-12-8-11(16)9-17-14(12)19(13)7-5-10-2-1-3-10/h8-10H,1-7H2. The number of hydrogen-bond donors (Lipinski definition) is 0. The van der Waals surface area contributed by atoms with E-state index in [0.29, 0.717) is 10.9 Å². The molecule has 0 saturated heterocycles. The number of nitrogens with zero attached hydrogens (tertiary/aromatic N) is 3. The molecule has 0 N–H and O–H groups in total. The van der Waals surface area contributed by atoms with Crippen molar-refractivity contribution in [1.29, 1.82) is 0 Å². The van der Waals surface area contributed by atoms with Crippen LogP contribution in [0.2, 0.25) is 5.02 Å². The number of halogens is 2. The molecule has 5 heteroatoms. The fourth-order valence-corrected chi connectivity index (χ4v) is 2.96. The lowest BCUT2D eigenvalue weighted by Crippen LogP contribution is -2.15. The molecular weight excluding hydrogens is 281 g/mol. The zero-order chi connectivity index (χ0) is 13.2. The molecule has 0 amide bonds. The van der Waals surface area contributed by atoms with E-state index >= 15 is 0 Å². The molecule has 19 heavy (non-hydrogen) atoms. The summed E-state index contributed by atoms with van der Waals surface area (Å²) in [5, 5.41) is 0.633. The van der Waals surface area contributed by atoms with E-state index in [9.17, 15) is 0 Å². The molecule has 0 unspecified atom stereocenters. The van der Waals surface area contributed by atoms with Crippen LogP contribution in [0.1, 0.15) is 31.5 Å². The number of rotatable bonds is 5. The van der Waals surface area contributed by atoms with Crippen LogP contribution in [0.4, 0.5) is 0 Å². The first kappa shape index (κ1) is 13.2. The summed E-state index contributed by atoms with van der Waals surface area (Å²) in [6, 6.07) is 1.88. The largest absolute Gasteiger partial charge is 0.313 e. The van der Waals surface area contributed by atoms with Crippen molar-refractivity contribution < 1.29 is 0 Å². The third-order valence-corrected chi connectivity index (χ3v) is 4.33. The lowest BCUT2D eigenvalue weighted by atomic mass is 9.83. The average molecular weight is 298 g/mol. The van der Waals surface area contributed by atoms with Crippen LogP contribution in [0, 0.1) is 5.92 Å². The Hall–Kier alpha value is -0.800. The normalized spacial score (nSPS) is 15.9. The Morgan fingerprint density at radius 2 is 2.21 bits per heavy atom. The number of hydrogen-bond acceptors (Lipinski definition) is 2. The minimum absolute atomic E-state index is 0.584. The van der Waals surface area contributed by atoms with Gasteiger partial charge in [0.2, 0.25) is 0 Å². The van der Waals surface area contributed by atoms with E-state index < -0.39 is 0 Å². The predicted molar refractivity (Wildman–Crippen MR) is 78.9 cm³/mol. The minimum Gasteiger partial charge on any atom is -0.313 e. The van der Waals surface area contributed by atoms with E-state index in [1.54, 1.807) is 6.20 Å². The monoisotopic (exact) mass is 297 g/mol. The molecule has 0 spiro atoms. The van der Waals surface area contributed by atoms with Gasteiger partial charge in [-0.2, -0.15) is 0 Å². The molecule has 1 saturated carbocycles. The smallest absolute Gasteiger partial charge is 0.160 e.